The van der Waals surface area contributed by atoms with E-state index in [9.17, 15) is 13.2 Å². The zero-order chi connectivity index (χ0) is 22.0. The summed E-state index contributed by atoms with van der Waals surface area (Å²) in [6, 6.07) is -0.0228. The van der Waals surface area contributed by atoms with Gasteiger partial charge in [-0.3, -0.25) is 4.99 Å². The van der Waals surface area contributed by atoms with Gasteiger partial charge in [-0.1, -0.05) is 13.8 Å². The first kappa shape index (κ1) is 26.5. The van der Waals surface area contributed by atoms with Gasteiger partial charge in [0, 0.05) is 39.0 Å². The molecule has 0 aliphatic heterocycles. The van der Waals surface area contributed by atoms with Crippen molar-refractivity contribution < 1.29 is 17.9 Å². The molecule has 0 rings (SSSR count). The van der Waals surface area contributed by atoms with Crippen LogP contribution in [0.15, 0.2) is 4.99 Å². The predicted molar refractivity (Wildman–Crippen MR) is 116 cm³/mol. The van der Waals surface area contributed by atoms with Gasteiger partial charge < -0.3 is 20.3 Å². The fourth-order valence-corrected chi connectivity index (χ4v) is 3.10. The average Bonchev–Trinajstić information content (AvgIpc) is 2.51. The van der Waals surface area contributed by atoms with Gasteiger partial charge in [-0.05, 0) is 46.5 Å². The van der Waals surface area contributed by atoms with E-state index in [1.807, 2.05) is 39.6 Å². The van der Waals surface area contributed by atoms with E-state index in [1.54, 1.807) is 0 Å². The number of carbonyl (C=O) groups excluding carboxylic acids is 1. The molecule has 166 valence electrons. The number of ether oxygens (including phenoxy) is 1. The molecule has 0 aliphatic carbocycles. The molecule has 28 heavy (non-hydrogen) atoms. The summed E-state index contributed by atoms with van der Waals surface area (Å²) in [5.41, 5.74) is -0.529. The van der Waals surface area contributed by atoms with Gasteiger partial charge in [-0.25, -0.2) is 13.2 Å². The van der Waals surface area contributed by atoms with Crippen molar-refractivity contribution in [3.8, 4) is 0 Å². The Morgan fingerprint density at radius 1 is 1.25 bits per heavy atom. The molecule has 1 unspecified atom stereocenters. The maximum absolute atomic E-state index is 12.1. The maximum Gasteiger partial charge on any atom is 0.407 e. The molecule has 0 radical (unpaired) electrons. The number of hydrogen-bond acceptors (Lipinski definition) is 5. The van der Waals surface area contributed by atoms with E-state index in [2.05, 4.69) is 29.5 Å². The summed E-state index contributed by atoms with van der Waals surface area (Å²) < 4.78 is 27.8. The van der Waals surface area contributed by atoms with Crippen LogP contribution in [0.1, 0.15) is 54.4 Å². The first-order chi connectivity index (χ1) is 12.7. The summed E-state index contributed by atoms with van der Waals surface area (Å²) in [7, 11) is -1.03. The number of guanidine groups is 1. The Bertz CT molecular complexity index is 598. The third kappa shape index (κ3) is 13.6. The van der Waals surface area contributed by atoms with Crippen molar-refractivity contribution in [1.82, 2.24) is 15.5 Å². The van der Waals surface area contributed by atoms with Crippen LogP contribution in [0.2, 0.25) is 0 Å². The summed E-state index contributed by atoms with van der Waals surface area (Å²) in [5.74, 6) is 1.13. The van der Waals surface area contributed by atoms with E-state index >= 15 is 0 Å². The number of rotatable bonds is 10. The third-order valence-electron chi connectivity index (χ3n) is 3.91. The molecule has 0 fully saturated rings. The van der Waals surface area contributed by atoms with Crippen molar-refractivity contribution in [3.63, 3.8) is 0 Å². The van der Waals surface area contributed by atoms with Gasteiger partial charge in [0.2, 0.25) is 0 Å². The highest BCUT2D eigenvalue weighted by Gasteiger charge is 2.22. The number of alkyl carbamates (subject to hydrolysis) is 1. The number of nitrogens with zero attached hydrogens (tertiary/aromatic N) is 2. The Hall–Kier alpha value is -1.51. The molecule has 2 N–H and O–H groups in total. The van der Waals surface area contributed by atoms with Gasteiger partial charge in [0.15, 0.2) is 5.96 Å². The van der Waals surface area contributed by atoms with Crippen LogP contribution >= 0.6 is 0 Å². The normalized spacial score (nSPS) is 14.0. The van der Waals surface area contributed by atoms with Crippen molar-refractivity contribution in [2.24, 2.45) is 10.9 Å². The van der Waals surface area contributed by atoms with E-state index < -0.39 is 21.5 Å². The SMILES string of the molecule is CCNC(=NCCCS(C)(=O)=O)N(C)CCC(NC(=O)OC(C)(C)C)C(C)C. The quantitative estimate of drug-likeness (QED) is 0.319. The fraction of sp³-hybridized carbons (Fsp3) is 0.895. The summed E-state index contributed by atoms with van der Waals surface area (Å²) >= 11 is 0. The molecule has 0 aromatic carbocycles. The van der Waals surface area contributed by atoms with Crippen LogP contribution in [-0.4, -0.2) is 75.7 Å². The van der Waals surface area contributed by atoms with Gasteiger partial charge in [0.05, 0.1) is 5.75 Å². The second-order valence-electron chi connectivity index (χ2n) is 8.43. The molecule has 0 bridgehead atoms. The van der Waals surface area contributed by atoms with Gasteiger partial charge in [0.1, 0.15) is 15.4 Å². The zero-order valence-electron chi connectivity index (χ0n) is 18.8. The highest BCUT2D eigenvalue weighted by molar-refractivity contribution is 7.90. The standard InChI is InChI=1S/C19H40N4O4S/c1-9-20-17(21-12-10-14-28(8,25)26)23(7)13-11-16(15(2)3)22-18(24)27-19(4,5)6/h15-16H,9-14H2,1-8H3,(H,20,21)(H,22,24). The smallest absolute Gasteiger partial charge is 0.407 e. The number of hydrogen-bond donors (Lipinski definition) is 2. The average molecular weight is 421 g/mol. The van der Waals surface area contributed by atoms with Crippen LogP contribution in [0.3, 0.4) is 0 Å². The highest BCUT2D eigenvalue weighted by Crippen LogP contribution is 2.11. The fourth-order valence-electron chi connectivity index (χ4n) is 2.45. The molecule has 9 heteroatoms. The lowest BCUT2D eigenvalue weighted by molar-refractivity contribution is 0.0485. The molecule has 0 aromatic rings. The van der Waals surface area contributed by atoms with E-state index in [1.165, 1.54) is 6.26 Å². The molecule has 0 heterocycles. The van der Waals surface area contributed by atoms with Crippen molar-refractivity contribution >= 4 is 21.9 Å². The number of sulfone groups is 1. The van der Waals surface area contributed by atoms with E-state index in [4.69, 9.17) is 4.74 Å². The van der Waals surface area contributed by atoms with Gasteiger partial charge in [-0.2, -0.15) is 0 Å². The summed E-state index contributed by atoms with van der Waals surface area (Å²) in [5, 5.41) is 6.17. The highest BCUT2D eigenvalue weighted by atomic mass is 32.2. The van der Waals surface area contributed by atoms with Crippen molar-refractivity contribution in [3.05, 3.63) is 0 Å². The second kappa shape index (κ2) is 12.1. The first-order valence-electron chi connectivity index (χ1n) is 9.92. The molecular formula is C19H40N4O4S. The monoisotopic (exact) mass is 420 g/mol. The van der Waals surface area contributed by atoms with Crippen LogP contribution in [0.5, 0.6) is 0 Å². The third-order valence-corrected chi connectivity index (χ3v) is 4.94. The number of carbonyl (C=O) groups is 1. The zero-order valence-corrected chi connectivity index (χ0v) is 19.6. The number of aliphatic imine (C=N–C) groups is 1. The van der Waals surface area contributed by atoms with Crippen LogP contribution < -0.4 is 10.6 Å². The molecule has 1 atom stereocenters. The molecule has 1 amide bonds. The molecule has 0 saturated carbocycles. The summed E-state index contributed by atoms with van der Waals surface area (Å²) in [6.45, 7) is 13.5. The van der Waals surface area contributed by atoms with Crippen molar-refractivity contribution in [2.45, 2.75) is 66.0 Å². The Balaban J connectivity index is 4.76. The van der Waals surface area contributed by atoms with Crippen LogP contribution in [0, 0.1) is 5.92 Å². The Morgan fingerprint density at radius 3 is 2.32 bits per heavy atom. The minimum atomic E-state index is -2.97. The van der Waals surface area contributed by atoms with E-state index in [-0.39, 0.29) is 17.7 Å². The topological polar surface area (TPSA) is 100 Å². The van der Waals surface area contributed by atoms with Gasteiger partial charge >= 0.3 is 6.09 Å². The summed E-state index contributed by atoms with van der Waals surface area (Å²) in [6.07, 6.45) is 2.06. The minimum Gasteiger partial charge on any atom is -0.444 e. The molecular weight excluding hydrogens is 380 g/mol. The molecule has 8 nitrogen and oxygen atoms in total. The van der Waals surface area contributed by atoms with Gasteiger partial charge in [0.25, 0.3) is 0 Å². The number of nitrogens with one attached hydrogen (secondary N) is 2. The molecule has 0 spiro atoms. The van der Waals surface area contributed by atoms with Gasteiger partial charge in [-0.15, -0.1) is 0 Å². The lowest BCUT2D eigenvalue weighted by atomic mass is 10.0. The number of amides is 1. The van der Waals surface area contributed by atoms with Crippen LogP contribution in [0.4, 0.5) is 4.79 Å². The molecule has 0 aliphatic rings. The largest absolute Gasteiger partial charge is 0.444 e. The minimum absolute atomic E-state index is 0.0228. The lowest BCUT2D eigenvalue weighted by Crippen LogP contribution is -2.45. The lowest BCUT2D eigenvalue weighted by Gasteiger charge is -2.28. The second-order valence-corrected chi connectivity index (χ2v) is 10.7. The first-order valence-corrected chi connectivity index (χ1v) is 12.0. The Kier molecular flexibility index (Phi) is 11.5. The predicted octanol–water partition coefficient (Wildman–Crippen LogP) is 2.26. The van der Waals surface area contributed by atoms with E-state index in [0.29, 0.717) is 19.5 Å². The Labute approximate surface area is 171 Å². The van der Waals surface area contributed by atoms with Crippen LogP contribution in [-0.2, 0) is 14.6 Å². The van der Waals surface area contributed by atoms with Crippen LogP contribution in [0.25, 0.3) is 0 Å². The summed E-state index contributed by atoms with van der Waals surface area (Å²) in [4.78, 5) is 18.6. The Morgan fingerprint density at radius 2 is 1.86 bits per heavy atom. The van der Waals surface area contributed by atoms with E-state index in [0.717, 1.165) is 18.9 Å². The molecule has 0 aromatic heterocycles. The van der Waals surface area contributed by atoms with Crippen molar-refractivity contribution in [1.29, 1.82) is 0 Å². The molecule has 0 saturated heterocycles. The van der Waals surface area contributed by atoms with Crippen molar-refractivity contribution in [2.75, 3.05) is 38.7 Å². The maximum atomic E-state index is 12.1.